The zero-order chi connectivity index (χ0) is 11.4. The molecule has 1 unspecified atom stereocenters. The number of methoxy groups -OCH3 is 1. The number of aromatic nitrogens is 2. The molecule has 2 N–H and O–H groups in total. The molecule has 1 aromatic heterocycles. The normalized spacial score (nSPS) is 20.4. The molecule has 88 valence electrons. The van der Waals surface area contributed by atoms with Gasteiger partial charge in [0.2, 0.25) is 5.95 Å². The minimum Gasteiger partial charge on any atom is -0.384 e. The molecule has 5 nitrogen and oxygen atoms in total. The third-order valence-corrected chi connectivity index (χ3v) is 2.88. The van der Waals surface area contributed by atoms with E-state index >= 15 is 0 Å². The standard InChI is InChI=1S/C11H18N4O/c1-16-8-9-3-5-15(7-9)11-13-4-2-10(6-12)14-11/h2,4,9H,3,5-8,12H2,1H3. The summed E-state index contributed by atoms with van der Waals surface area (Å²) >= 11 is 0. The second-order valence-corrected chi connectivity index (χ2v) is 4.11. The monoisotopic (exact) mass is 222 g/mol. The number of anilines is 1. The highest BCUT2D eigenvalue weighted by molar-refractivity contribution is 5.32. The van der Waals surface area contributed by atoms with E-state index in [1.165, 1.54) is 0 Å². The van der Waals surface area contributed by atoms with E-state index in [0.29, 0.717) is 12.5 Å². The SMILES string of the molecule is COCC1CCN(c2nccc(CN)n2)C1. The number of ether oxygens (including phenoxy) is 1. The van der Waals surface area contributed by atoms with Crippen molar-refractivity contribution >= 4 is 5.95 Å². The summed E-state index contributed by atoms with van der Waals surface area (Å²) in [5.74, 6) is 1.39. The summed E-state index contributed by atoms with van der Waals surface area (Å²) in [5.41, 5.74) is 6.45. The van der Waals surface area contributed by atoms with Crippen LogP contribution in [-0.4, -0.2) is 36.8 Å². The maximum atomic E-state index is 5.56. The average molecular weight is 222 g/mol. The number of nitrogens with two attached hydrogens (primary N) is 1. The molecule has 1 atom stereocenters. The van der Waals surface area contributed by atoms with Crippen molar-refractivity contribution in [3.05, 3.63) is 18.0 Å². The van der Waals surface area contributed by atoms with E-state index in [1.807, 2.05) is 6.07 Å². The second kappa shape index (κ2) is 5.23. The van der Waals surface area contributed by atoms with Crippen LogP contribution in [0.25, 0.3) is 0 Å². The average Bonchev–Trinajstić information content (AvgIpc) is 2.78. The Kier molecular flexibility index (Phi) is 3.69. The van der Waals surface area contributed by atoms with Gasteiger partial charge in [-0.05, 0) is 12.5 Å². The molecule has 1 fully saturated rings. The summed E-state index contributed by atoms with van der Waals surface area (Å²) in [7, 11) is 1.74. The van der Waals surface area contributed by atoms with Crippen molar-refractivity contribution in [2.45, 2.75) is 13.0 Å². The molecule has 0 radical (unpaired) electrons. The highest BCUT2D eigenvalue weighted by Gasteiger charge is 2.24. The maximum Gasteiger partial charge on any atom is 0.225 e. The predicted molar refractivity (Wildman–Crippen MR) is 62.1 cm³/mol. The molecule has 1 aromatic rings. The van der Waals surface area contributed by atoms with Gasteiger partial charge in [-0.15, -0.1) is 0 Å². The third-order valence-electron chi connectivity index (χ3n) is 2.88. The van der Waals surface area contributed by atoms with Crippen molar-refractivity contribution in [2.24, 2.45) is 11.7 Å². The summed E-state index contributed by atoms with van der Waals surface area (Å²) < 4.78 is 5.17. The van der Waals surface area contributed by atoms with Gasteiger partial charge in [0.15, 0.2) is 0 Å². The molecule has 0 amide bonds. The Morgan fingerprint density at radius 3 is 3.25 bits per heavy atom. The quantitative estimate of drug-likeness (QED) is 0.799. The van der Waals surface area contributed by atoms with Gasteiger partial charge in [-0.3, -0.25) is 0 Å². The van der Waals surface area contributed by atoms with Gasteiger partial charge in [0, 0.05) is 38.9 Å². The molecule has 16 heavy (non-hydrogen) atoms. The fourth-order valence-electron chi connectivity index (χ4n) is 2.04. The zero-order valence-corrected chi connectivity index (χ0v) is 9.59. The van der Waals surface area contributed by atoms with Gasteiger partial charge >= 0.3 is 0 Å². The minimum absolute atomic E-state index is 0.463. The van der Waals surface area contributed by atoms with Crippen molar-refractivity contribution in [1.82, 2.24) is 9.97 Å². The predicted octanol–water partition coefficient (Wildman–Crippen LogP) is 0.408. The molecule has 1 saturated heterocycles. The molecule has 2 rings (SSSR count). The Balaban J connectivity index is 2.02. The highest BCUT2D eigenvalue weighted by atomic mass is 16.5. The van der Waals surface area contributed by atoms with Gasteiger partial charge < -0.3 is 15.4 Å². The molecule has 0 aliphatic carbocycles. The van der Waals surface area contributed by atoms with Crippen LogP contribution in [0.15, 0.2) is 12.3 Å². The molecule has 0 aromatic carbocycles. The Hall–Kier alpha value is -1.20. The fourth-order valence-corrected chi connectivity index (χ4v) is 2.04. The third kappa shape index (κ3) is 2.48. The smallest absolute Gasteiger partial charge is 0.225 e. The van der Waals surface area contributed by atoms with Crippen LogP contribution >= 0.6 is 0 Å². The first-order chi connectivity index (χ1) is 7.83. The molecule has 1 aliphatic rings. The molecule has 2 heterocycles. The van der Waals surface area contributed by atoms with Crippen LogP contribution in [0.5, 0.6) is 0 Å². The van der Waals surface area contributed by atoms with Gasteiger partial charge in [-0.2, -0.15) is 0 Å². The van der Waals surface area contributed by atoms with E-state index in [4.69, 9.17) is 10.5 Å². The van der Waals surface area contributed by atoms with Crippen LogP contribution in [0, 0.1) is 5.92 Å². The lowest BCUT2D eigenvalue weighted by molar-refractivity contribution is 0.161. The van der Waals surface area contributed by atoms with Crippen molar-refractivity contribution in [1.29, 1.82) is 0 Å². The van der Waals surface area contributed by atoms with Gasteiger partial charge in [-0.25, -0.2) is 9.97 Å². The van der Waals surface area contributed by atoms with Crippen LogP contribution in [0.1, 0.15) is 12.1 Å². The minimum atomic E-state index is 0.463. The molecule has 0 bridgehead atoms. The summed E-state index contributed by atoms with van der Waals surface area (Å²) in [6, 6.07) is 1.85. The van der Waals surface area contributed by atoms with E-state index in [2.05, 4.69) is 14.9 Å². The second-order valence-electron chi connectivity index (χ2n) is 4.11. The van der Waals surface area contributed by atoms with E-state index < -0.39 is 0 Å². The van der Waals surface area contributed by atoms with Crippen molar-refractivity contribution in [2.75, 3.05) is 31.7 Å². The molecule has 0 saturated carbocycles. The summed E-state index contributed by atoms with van der Waals surface area (Å²) in [6.07, 6.45) is 2.91. The number of rotatable bonds is 4. The first-order valence-electron chi connectivity index (χ1n) is 5.59. The number of nitrogens with zero attached hydrogens (tertiary/aromatic N) is 3. The van der Waals surface area contributed by atoms with Crippen LogP contribution < -0.4 is 10.6 Å². The molecular formula is C11H18N4O. The maximum absolute atomic E-state index is 5.56. The highest BCUT2D eigenvalue weighted by Crippen LogP contribution is 2.20. The lowest BCUT2D eigenvalue weighted by Gasteiger charge is -2.16. The van der Waals surface area contributed by atoms with Crippen molar-refractivity contribution in [3.8, 4) is 0 Å². The molecule has 5 heteroatoms. The van der Waals surface area contributed by atoms with Crippen LogP contribution in [0.3, 0.4) is 0 Å². The first-order valence-corrected chi connectivity index (χ1v) is 5.59. The van der Waals surface area contributed by atoms with Crippen molar-refractivity contribution in [3.63, 3.8) is 0 Å². The van der Waals surface area contributed by atoms with Gasteiger partial charge in [-0.1, -0.05) is 0 Å². The van der Waals surface area contributed by atoms with Crippen LogP contribution in [-0.2, 0) is 11.3 Å². The topological polar surface area (TPSA) is 64.3 Å². The fraction of sp³-hybridized carbons (Fsp3) is 0.636. The molecule has 1 aliphatic heterocycles. The largest absolute Gasteiger partial charge is 0.384 e. The summed E-state index contributed by atoms with van der Waals surface area (Å²) in [6.45, 7) is 3.25. The first kappa shape index (κ1) is 11.3. The Morgan fingerprint density at radius 2 is 2.50 bits per heavy atom. The number of hydrogen-bond acceptors (Lipinski definition) is 5. The molecule has 0 spiro atoms. The van der Waals surface area contributed by atoms with E-state index in [1.54, 1.807) is 13.3 Å². The number of hydrogen-bond donors (Lipinski definition) is 1. The van der Waals surface area contributed by atoms with Gasteiger partial charge in [0.25, 0.3) is 0 Å². The lowest BCUT2D eigenvalue weighted by atomic mass is 10.1. The van der Waals surface area contributed by atoms with Crippen LogP contribution in [0.2, 0.25) is 0 Å². The van der Waals surface area contributed by atoms with Gasteiger partial charge in [0.1, 0.15) is 0 Å². The van der Waals surface area contributed by atoms with Crippen LogP contribution in [0.4, 0.5) is 5.95 Å². The lowest BCUT2D eigenvalue weighted by Crippen LogP contribution is -2.23. The summed E-state index contributed by atoms with van der Waals surface area (Å²) in [5, 5.41) is 0. The van der Waals surface area contributed by atoms with E-state index in [-0.39, 0.29) is 0 Å². The Labute approximate surface area is 95.6 Å². The molecular weight excluding hydrogens is 204 g/mol. The summed E-state index contributed by atoms with van der Waals surface area (Å²) in [4.78, 5) is 10.9. The van der Waals surface area contributed by atoms with Gasteiger partial charge in [0.05, 0.1) is 12.3 Å². The van der Waals surface area contributed by atoms with Crippen molar-refractivity contribution < 1.29 is 4.74 Å². The van der Waals surface area contributed by atoms with E-state index in [9.17, 15) is 0 Å². The Bertz CT molecular complexity index is 345. The zero-order valence-electron chi connectivity index (χ0n) is 9.59. The van der Waals surface area contributed by atoms with E-state index in [0.717, 1.165) is 37.8 Å². The Morgan fingerprint density at radius 1 is 1.62 bits per heavy atom.